The SMILES string of the molecule is CC(C)CN1C(=O)C(C)(C)COc2ccc(NC(=O)CCC3CCCCC3)cc21. The summed E-state index contributed by atoms with van der Waals surface area (Å²) in [6, 6.07) is 5.62. The van der Waals surface area contributed by atoms with Gasteiger partial charge in [0, 0.05) is 18.7 Å². The fourth-order valence-corrected chi connectivity index (χ4v) is 4.30. The van der Waals surface area contributed by atoms with E-state index in [1.807, 2.05) is 36.9 Å². The van der Waals surface area contributed by atoms with E-state index in [1.165, 1.54) is 32.1 Å². The average molecular weight is 401 g/mol. The normalized spacial score (nSPS) is 19.5. The molecule has 5 nitrogen and oxygen atoms in total. The largest absolute Gasteiger partial charge is 0.490 e. The van der Waals surface area contributed by atoms with E-state index in [0.29, 0.717) is 37.2 Å². The van der Waals surface area contributed by atoms with Gasteiger partial charge in [0.15, 0.2) is 0 Å². The van der Waals surface area contributed by atoms with Gasteiger partial charge in [-0.25, -0.2) is 0 Å². The Morgan fingerprint density at radius 1 is 1.24 bits per heavy atom. The van der Waals surface area contributed by atoms with Crippen LogP contribution in [0.5, 0.6) is 5.75 Å². The van der Waals surface area contributed by atoms with Crippen LogP contribution in [0.4, 0.5) is 11.4 Å². The number of nitrogens with one attached hydrogen (secondary N) is 1. The summed E-state index contributed by atoms with van der Waals surface area (Å²) in [4.78, 5) is 27.5. The minimum atomic E-state index is -0.586. The molecule has 2 aliphatic rings. The molecule has 0 unspecified atom stereocenters. The molecule has 1 aliphatic heterocycles. The van der Waals surface area contributed by atoms with E-state index < -0.39 is 5.41 Å². The summed E-state index contributed by atoms with van der Waals surface area (Å²) in [5.74, 6) is 1.83. The van der Waals surface area contributed by atoms with Crippen molar-refractivity contribution in [3.8, 4) is 5.75 Å². The zero-order chi connectivity index (χ0) is 21.0. The van der Waals surface area contributed by atoms with Crippen molar-refractivity contribution in [2.45, 2.75) is 72.6 Å². The monoisotopic (exact) mass is 400 g/mol. The van der Waals surface area contributed by atoms with Crippen molar-refractivity contribution in [3.05, 3.63) is 18.2 Å². The molecule has 5 heteroatoms. The number of fused-ring (bicyclic) bond motifs is 1. The van der Waals surface area contributed by atoms with Crippen LogP contribution >= 0.6 is 0 Å². The van der Waals surface area contributed by atoms with Crippen LogP contribution in [0.25, 0.3) is 0 Å². The third kappa shape index (κ3) is 5.52. The van der Waals surface area contributed by atoms with Crippen molar-refractivity contribution in [1.29, 1.82) is 0 Å². The molecule has 1 saturated carbocycles. The molecule has 3 rings (SSSR count). The Labute approximate surface area is 175 Å². The molecular weight excluding hydrogens is 364 g/mol. The van der Waals surface area contributed by atoms with E-state index in [9.17, 15) is 9.59 Å². The van der Waals surface area contributed by atoms with Crippen molar-refractivity contribution in [2.75, 3.05) is 23.4 Å². The molecule has 1 fully saturated rings. The summed E-state index contributed by atoms with van der Waals surface area (Å²) >= 11 is 0. The average Bonchev–Trinajstić information content (AvgIpc) is 2.77. The molecular formula is C24H36N2O3. The number of rotatable bonds is 6. The highest BCUT2D eigenvalue weighted by atomic mass is 16.5. The van der Waals surface area contributed by atoms with Gasteiger partial charge in [-0.1, -0.05) is 46.0 Å². The van der Waals surface area contributed by atoms with Crippen LogP contribution in [-0.2, 0) is 9.59 Å². The number of hydrogen-bond donors (Lipinski definition) is 1. The highest BCUT2D eigenvalue weighted by Crippen LogP contribution is 2.38. The number of benzene rings is 1. The number of ether oxygens (including phenoxy) is 1. The van der Waals surface area contributed by atoms with Crippen LogP contribution in [0.1, 0.15) is 72.6 Å². The topological polar surface area (TPSA) is 58.6 Å². The Morgan fingerprint density at radius 2 is 1.97 bits per heavy atom. The lowest BCUT2D eigenvalue weighted by Gasteiger charge is -2.29. The number of hydrogen-bond acceptors (Lipinski definition) is 3. The maximum Gasteiger partial charge on any atom is 0.236 e. The second-order valence-electron chi connectivity index (χ2n) is 9.76. The lowest BCUT2D eigenvalue weighted by molar-refractivity contribution is -0.127. The summed E-state index contributed by atoms with van der Waals surface area (Å²) in [7, 11) is 0. The maximum atomic E-state index is 13.1. The number of carbonyl (C=O) groups is 2. The van der Waals surface area contributed by atoms with Crippen molar-refractivity contribution in [1.82, 2.24) is 0 Å². The first-order chi connectivity index (χ1) is 13.8. The van der Waals surface area contributed by atoms with Crippen molar-refractivity contribution in [2.24, 2.45) is 17.3 Å². The van der Waals surface area contributed by atoms with Gasteiger partial charge >= 0.3 is 0 Å². The molecule has 0 spiro atoms. The number of amides is 2. The van der Waals surface area contributed by atoms with Crippen LogP contribution in [0.2, 0.25) is 0 Å². The zero-order valence-corrected chi connectivity index (χ0v) is 18.4. The van der Waals surface area contributed by atoms with Crippen molar-refractivity contribution < 1.29 is 14.3 Å². The number of nitrogens with zero attached hydrogens (tertiary/aromatic N) is 1. The van der Waals surface area contributed by atoms with Gasteiger partial charge in [0.25, 0.3) is 0 Å². The van der Waals surface area contributed by atoms with Gasteiger partial charge in [0.2, 0.25) is 11.8 Å². The summed E-state index contributed by atoms with van der Waals surface area (Å²) in [5, 5.41) is 3.03. The third-order valence-corrected chi connectivity index (χ3v) is 6.00. The lowest BCUT2D eigenvalue weighted by Crippen LogP contribution is -2.43. The van der Waals surface area contributed by atoms with Gasteiger partial charge in [-0.3, -0.25) is 9.59 Å². The predicted molar refractivity (Wildman–Crippen MR) is 117 cm³/mol. The van der Waals surface area contributed by atoms with Crippen LogP contribution in [0.15, 0.2) is 18.2 Å². The Kier molecular flexibility index (Phi) is 6.86. The molecule has 29 heavy (non-hydrogen) atoms. The maximum absolute atomic E-state index is 13.1. The second kappa shape index (κ2) is 9.19. The second-order valence-corrected chi connectivity index (χ2v) is 9.76. The summed E-state index contributed by atoms with van der Waals surface area (Å²) in [6.45, 7) is 9.01. The van der Waals surface area contributed by atoms with Crippen LogP contribution < -0.4 is 15.0 Å². The predicted octanol–water partition coefficient (Wildman–Crippen LogP) is 5.39. The highest BCUT2D eigenvalue weighted by Gasteiger charge is 2.38. The van der Waals surface area contributed by atoms with Gasteiger partial charge in [-0.15, -0.1) is 0 Å². The first-order valence-corrected chi connectivity index (χ1v) is 11.1. The molecule has 0 saturated heterocycles. The molecule has 1 aromatic carbocycles. The fourth-order valence-electron chi connectivity index (χ4n) is 4.30. The minimum Gasteiger partial charge on any atom is -0.490 e. The molecule has 160 valence electrons. The molecule has 0 aromatic heterocycles. The molecule has 2 amide bonds. The highest BCUT2D eigenvalue weighted by molar-refractivity contribution is 6.00. The van der Waals surface area contributed by atoms with E-state index in [1.54, 1.807) is 0 Å². The Morgan fingerprint density at radius 3 is 2.66 bits per heavy atom. The smallest absolute Gasteiger partial charge is 0.236 e. The summed E-state index contributed by atoms with van der Waals surface area (Å²) < 4.78 is 5.96. The summed E-state index contributed by atoms with van der Waals surface area (Å²) in [6.07, 6.45) is 7.96. The van der Waals surface area contributed by atoms with Crippen LogP contribution in [0.3, 0.4) is 0 Å². The first kappa shape index (κ1) is 21.7. The number of anilines is 2. The molecule has 1 aromatic rings. The Balaban J connectivity index is 1.72. The molecule has 1 N–H and O–H groups in total. The number of carbonyl (C=O) groups excluding carboxylic acids is 2. The van der Waals surface area contributed by atoms with Crippen molar-refractivity contribution >= 4 is 23.2 Å². The zero-order valence-electron chi connectivity index (χ0n) is 18.4. The van der Waals surface area contributed by atoms with E-state index in [4.69, 9.17) is 4.74 Å². The van der Waals surface area contributed by atoms with Gasteiger partial charge in [0.05, 0.1) is 11.1 Å². The molecule has 0 atom stereocenters. The molecule has 0 radical (unpaired) electrons. The van der Waals surface area contributed by atoms with Crippen LogP contribution in [0, 0.1) is 17.3 Å². The van der Waals surface area contributed by atoms with Gasteiger partial charge in [0.1, 0.15) is 12.4 Å². The van der Waals surface area contributed by atoms with Gasteiger partial charge in [-0.2, -0.15) is 0 Å². The Bertz CT molecular complexity index is 736. The molecule has 0 bridgehead atoms. The molecule has 1 heterocycles. The minimum absolute atomic E-state index is 0.0483. The van der Waals surface area contributed by atoms with E-state index in [-0.39, 0.29) is 11.8 Å². The Hall–Kier alpha value is -2.04. The summed E-state index contributed by atoms with van der Waals surface area (Å²) in [5.41, 5.74) is 0.888. The third-order valence-electron chi connectivity index (χ3n) is 6.00. The first-order valence-electron chi connectivity index (χ1n) is 11.1. The fraction of sp³-hybridized carbons (Fsp3) is 0.667. The molecule has 1 aliphatic carbocycles. The lowest BCUT2D eigenvalue weighted by atomic mass is 9.86. The quantitative estimate of drug-likeness (QED) is 0.696. The van der Waals surface area contributed by atoms with Gasteiger partial charge < -0.3 is 15.0 Å². The van der Waals surface area contributed by atoms with Crippen molar-refractivity contribution in [3.63, 3.8) is 0 Å². The van der Waals surface area contributed by atoms with Gasteiger partial charge in [-0.05, 0) is 50.3 Å². The standard InChI is InChI=1S/C24H36N2O3/c1-17(2)15-26-20-14-19(11-12-21(20)29-16-24(3,4)23(26)28)25-22(27)13-10-18-8-6-5-7-9-18/h11-12,14,17-18H,5-10,13,15-16H2,1-4H3,(H,25,27). The van der Waals surface area contributed by atoms with E-state index in [0.717, 1.165) is 17.8 Å². The van der Waals surface area contributed by atoms with Crippen LogP contribution in [-0.4, -0.2) is 25.0 Å². The van der Waals surface area contributed by atoms with E-state index >= 15 is 0 Å². The van der Waals surface area contributed by atoms with E-state index in [2.05, 4.69) is 19.2 Å².